The lowest BCUT2D eigenvalue weighted by Crippen LogP contribution is -2.79. The molecule has 5 rings (SSSR count). The van der Waals surface area contributed by atoms with Gasteiger partial charge in [-0.2, -0.15) is 5.26 Å². The van der Waals surface area contributed by atoms with Gasteiger partial charge in [0.2, 0.25) is 5.91 Å². The van der Waals surface area contributed by atoms with E-state index in [9.17, 15) is 19.6 Å². The zero-order valence-electron chi connectivity index (χ0n) is 22.1. The van der Waals surface area contributed by atoms with Gasteiger partial charge >= 0.3 is 5.97 Å². The van der Waals surface area contributed by atoms with Crippen molar-refractivity contribution in [1.29, 1.82) is 5.26 Å². The van der Waals surface area contributed by atoms with Gasteiger partial charge in [0.1, 0.15) is 11.1 Å². The van der Waals surface area contributed by atoms with Crippen LogP contribution in [0, 0.1) is 11.3 Å². The summed E-state index contributed by atoms with van der Waals surface area (Å²) in [5.74, 6) is -1.39. The maximum Gasteiger partial charge on any atom is 0.356 e. The van der Waals surface area contributed by atoms with Crippen LogP contribution in [-0.4, -0.2) is 71.1 Å². The Morgan fingerprint density at radius 2 is 1.85 bits per heavy atom. The largest absolute Gasteiger partial charge is 0.448 e. The summed E-state index contributed by atoms with van der Waals surface area (Å²) < 4.78 is 7.56. The fourth-order valence-corrected chi connectivity index (χ4v) is 6.65. The molecular weight excluding hydrogens is 562 g/mol. The maximum absolute atomic E-state index is 14.1. The highest BCUT2D eigenvalue weighted by atomic mass is 32.2. The van der Waals surface area contributed by atoms with Crippen molar-refractivity contribution < 1.29 is 19.1 Å². The van der Waals surface area contributed by atoms with Crippen LogP contribution in [0.4, 0.5) is 0 Å². The quantitative estimate of drug-likeness (QED) is 0.225. The number of aryl methyl sites for hydroxylation is 1. The van der Waals surface area contributed by atoms with Crippen LogP contribution < -0.4 is 5.32 Å². The molecule has 1 saturated heterocycles. The summed E-state index contributed by atoms with van der Waals surface area (Å²) in [6.07, 6.45) is 2.22. The number of carbonyl (C=O) groups excluding carboxylic acids is 3. The van der Waals surface area contributed by atoms with E-state index in [0.29, 0.717) is 11.4 Å². The zero-order valence-corrected chi connectivity index (χ0v) is 23.8. The van der Waals surface area contributed by atoms with Gasteiger partial charge in [0.05, 0.1) is 6.07 Å². The Morgan fingerprint density at radius 3 is 2.37 bits per heavy atom. The number of nitriles is 1. The Labute approximate surface area is 244 Å². The van der Waals surface area contributed by atoms with Crippen LogP contribution in [0.1, 0.15) is 23.1 Å². The van der Waals surface area contributed by atoms with Crippen LogP contribution in [0.3, 0.4) is 0 Å². The standard InChI is InChI=1S/C28H25N7O4S2/c1-4-28(30-24(36)20(15-29)40-3)26(38)35-21(19(16-41-27(28)35)23-31-32-33-34(23)2)25(37)39-22(17-11-7-5-8-12-17)18-13-9-6-10-14-18/h4-14,20,22,27H,1,16H2,2-3H3,(H,30,36)/t20?,27-,28?/m0/s1. The highest BCUT2D eigenvalue weighted by molar-refractivity contribution is 8.00. The Morgan fingerprint density at radius 1 is 1.22 bits per heavy atom. The minimum atomic E-state index is -1.51. The van der Waals surface area contributed by atoms with Crippen molar-refractivity contribution >= 4 is 46.9 Å². The van der Waals surface area contributed by atoms with Crippen molar-refractivity contribution in [2.45, 2.75) is 22.3 Å². The van der Waals surface area contributed by atoms with Gasteiger partial charge in [-0.1, -0.05) is 66.7 Å². The lowest BCUT2D eigenvalue weighted by atomic mass is 9.86. The summed E-state index contributed by atoms with van der Waals surface area (Å²) in [5.41, 5.74) is 0.388. The third-order valence-electron chi connectivity index (χ3n) is 6.87. The van der Waals surface area contributed by atoms with Gasteiger partial charge in [-0.25, -0.2) is 9.48 Å². The minimum absolute atomic E-state index is 0.0121. The maximum atomic E-state index is 14.1. The first-order valence-electron chi connectivity index (χ1n) is 12.5. The number of ether oxygens (including phenoxy) is 1. The Hall–Kier alpha value is -4.41. The molecule has 1 N–H and O–H groups in total. The number of nitrogens with one attached hydrogen (secondary N) is 1. The molecule has 2 aliphatic heterocycles. The van der Waals surface area contributed by atoms with Crippen LogP contribution in [0.15, 0.2) is 79.0 Å². The normalized spacial score (nSPS) is 20.5. The van der Waals surface area contributed by atoms with E-state index in [1.807, 2.05) is 66.7 Å². The molecule has 2 aliphatic rings. The number of benzene rings is 2. The summed E-state index contributed by atoms with van der Waals surface area (Å²) in [7, 11) is 1.63. The molecule has 3 aromatic rings. The topological polar surface area (TPSA) is 143 Å². The minimum Gasteiger partial charge on any atom is -0.448 e. The van der Waals surface area contributed by atoms with E-state index in [4.69, 9.17) is 4.74 Å². The van der Waals surface area contributed by atoms with Crippen molar-refractivity contribution in [2.24, 2.45) is 7.05 Å². The van der Waals surface area contributed by atoms with Crippen LogP contribution in [-0.2, 0) is 26.2 Å². The fraction of sp³-hybridized carbons (Fsp3) is 0.250. The van der Waals surface area contributed by atoms with Gasteiger partial charge in [-0.3, -0.25) is 14.5 Å². The van der Waals surface area contributed by atoms with E-state index >= 15 is 0 Å². The van der Waals surface area contributed by atoms with E-state index in [-0.39, 0.29) is 11.4 Å². The molecule has 0 saturated carbocycles. The lowest BCUT2D eigenvalue weighted by molar-refractivity contribution is -0.158. The number of tetrazole rings is 1. The molecule has 3 heterocycles. The first-order valence-corrected chi connectivity index (χ1v) is 14.8. The van der Waals surface area contributed by atoms with E-state index in [1.165, 1.54) is 27.4 Å². The number of esters is 1. The number of hydrogen-bond donors (Lipinski definition) is 1. The van der Waals surface area contributed by atoms with Gasteiger partial charge in [-0.05, 0) is 27.8 Å². The average molecular weight is 588 g/mol. The van der Waals surface area contributed by atoms with Crippen molar-refractivity contribution in [3.05, 3.63) is 96.0 Å². The molecule has 0 bridgehead atoms. The van der Waals surface area contributed by atoms with Gasteiger partial charge in [0.25, 0.3) is 5.91 Å². The van der Waals surface area contributed by atoms with Crippen molar-refractivity contribution in [1.82, 2.24) is 30.4 Å². The van der Waals surface area contributed by atoms with Crippen molar-refractivity contribution in [2.75, 3.05) is 12.0 Å². The first-order chi connectivity index (χ1) is 19.9. The lowest BCUT2D eigenvalue weighted by Gasteiger charge is -2.56. The number of carbonyl (C=O) groups is 3. The third-order valence-corrected chi connectivity index (χ3v) is 9.01. The first kappa shape index (κ1) is 28.1. The molecule has 208 valence electrons. The number of hydrogen-bond acceptors (Lipinski definition) is 10. The molecule has 11 nitrogen and oxygen atoms in total. The third kappa shape index (κ3) is 4.89. The molecule has 2 unspecified atom stereocenters. The zero-order chi connectivity index (χ0) is 29.1. The van der Waals surface area contributed by atoms with Crippen LogP contribution >= 0.6 is 23.5 Å². The monoisotopic (exact) mass is 587 g/mol. The molecule has 2 amide bonds. The second-order valence-electron chi connectivity index (χ2n) is 9.21. The number of aromatic nitrogens is 4. The Kier molecular flexibility index (Phi) is 7.96. The highest BCUT2D eigenvalue weighted by Crippen LogP contribution is 2.49. The van der Waals surface area contributed by atoms with E-state index in [0.717, 1.165) is 22.9 Å². The van der Waals surface area contributed by atoms with Crippen molar-refractivity contribution in [3.63, 3.8) is 0 Å². The molecule has 2 aromatic carbocycles. The number of rotatable bonds is 9. The SMILES string of the molecule is C=CC1(NC(=O)C(C#N)SC)C(=O)N2C(C(=O)OC(c3ccccc3)c3ccccc3)=C(c3nnnn3C)CS[C@H]21. The van der Waals surface area contributed by atoms with Gasteiger partial charge in [0, 0.05) is 18.4 Å². The molecule has 41 heavy (non-hydrogen) atoms. The number of fused-ring (bicyclic) bond motifs is 1. The summed E-state index contributed by atoms with van der Waals surface area (Å²) >= 11 is 2.38. The van der Waals surface area contributed by atoms with Crippen LogP contribution in [0.2, 0.25) is 0 Å². The van der Waals surface area contributed by atoms with Gasteiger partial charge in [-0.15, -0.1) is 35.2 Å². The summed E-state index contributed by atoms with van der Waals surface area (Å²) in [6.45, 7) is 3.81. The second kappa shape index (κ2) is 11.6. The number of thioether (sulfide) groups is 2. The highest BCUT2D eigenvalue weighted by Gasteiger charge is 2.64. The number of nitrogens with zero attached hydrogens (tertiary/aromatic N) is 6. The summed E-state index contributed by atoms with van der Waals surface area (Å²) in [5, 5.41) is 22.0. The van der Waals surface area contributed by atoms with E-state index < -0.39 is 40.1 Å². The Balaban J connectivity index is 1.55. The second-order valence-corrected chi connectivity index (χ2v) is 11.2. The van der Waals surface area contributed by atoms with Gasteiger partial charge < -0.3 is 10.1 Å². The predicted molar refractivity (Wildman–Crippen MR) is 154 cm³/mol. The van der Waals surface area contributed by atoms with Crippen LogP contribution in [0.5, 0.6) is 0 Å². The molecule has 0 spiro atoms. The Bertz CT molecular complexity index is 1530. The average Bonchev–Trinajstić information content (AvgIpc) is 3.44. The summed E-state index contributed by atoms with van der Waals surface area (Å²) in [4.78, 5) is 42.1. The smallest absolute Gasteiger partial charge is 0.356 e. The molecule has 13 heteroatoms. The molecule has 1 fully saturated rings. The molecule has 0 aliphatic carbocycles. The van der Waals surface area contributed by atoms with Gasteiger partial charge in [0.15, 0.2) is 22.7 Å². The van der Waals surface area contributed by atoms with Crippen molar-refractivity contribution in [3.8, 4) is 6.07 Å². The van der Waals surface area contributed by atoms with E-state index in [2.05, 4.69) is 27.4 Å². The molecule has 0 radical (unpaired) electrons. The van der Waals surface area contributed by atoms with Crippen LogP contribution in [0.25, 0.3) is 5.57 Å². The van der Waals surface area contributed by atoms with E-state index in [1.54, 1.807) is 13.3 Å². The molecule has 3 atom stereocenters. The number of β-lactam (4-membered cyclic amide) rings is 1. The fourth-order valence-electron chi connectivity index (χ4n) is 4.82. The molecule has 1 aromatic heterocycles. The molecular formula is C28H25N7O4S2. The number of amides is 2. The predicted octanol–water partition coefficient (Wildman–Crippen LogP) is 2.47. The summed E-state index contributed by atoms with van der Waals surface area (Å²) in [6, 6.07) is 20.5.